The van der Waals surface area contributed by atoms with Crippen LogP contribution in [-0.4, -0.2) is 70.1 Å². The highest BCUT2D eigenvalue weighted by Crippen LogP contribution is 2.31. The van der Waals surface area contributed by atoms with E-state index in [1.807, 2.05) is 0 Å². The lowest BCUT2D eigenvalue weighted by Gasteiger charge is -2.36. The zero-order valence-corrected chi connectivity index (χ0v) is 12.5. The van der Waals surface area contributed by atoms with E-state index in [2.05, 4.69) is 0 Å². The van der Waals surface area contributed by atoms with E-state index in [1.54, 1.807) is 4.90 Å². The number of carbonyl (C=O) groups excluding carboxylic acids is 1. The number of piperidine rings is 1. The second-order valence-corrected chi connectivity index (χ2v) is 7.45. The van der Waals surface area contributed by atoms with Crippen LogP contribution in [0.25, 0.3) is 0 Å². The SMILES string of the molecule is CS(=O)(=O)CCCOC(=O)N1CCC2(CC1)OCCO2. The molecule has 7 nitrogen and oxygen atoms in total. The highest BCUT2D eigenvalue weighted by atomic mass is 32.2. The van der Waals surface area contributed by atoms with Crippen molar-refractivity contribution >= 4 is 15.9 Å². The van der Waals surface area contributed by atoms with Gasteiger partial charge in [-0.3, -0.25) is 0 Å². The lowest BCUT2D eigenvalue weighted by molar-refractivity contribution is -0.182. The van der Waals surface area contributed by atoms with Crippen LogP contribution in [0.1, 0.15) is 19.3 Å². The molecular formula is C12H21NO6S. The topological polar surface area (TPSA) is 82.1 Å². The Balaban J connectivity index is 1.67. The van der Waals surface area contributed by atoms with Crippen molar-refractivity contribution in [3.8, 4) is 0 Å². The van der Waals surface area contributed by atoms with Crippen molar-refractivity contribution in [1.82, 2.24) is 4.90 Å². The maximum absolute atomic E-state index is 11.8. The van der Waals surface area contributed by atoms with Crippen molar-refractivity contribution in [1.29, 1.82) is 0 Å². The van der Waals surface area contributed by atoms with E-state index in [0.717, 1.165) is 0 Å². The van der Waals surface area contributed by atoms with Crippen molar-refractivity contribution < 1.29 is 27.4 Å². The second kappa shape index (κ2) is 6.28. The van der Waals surface area contributed by atoms with Gasteiger partial charge in [0.05, 0.1) is 25.6 Å². The molecule has 1 amide bonds. The monoisotopic (exact) mass is 307 g/mol. The average Bonchev–Trinajstić information content (AvgIpc) is 2.82. The Hall–Kier alpha value is -0.860. The number of nitrogens with zero attached hydrogens (tertiary/aromatic N) is 1. The molecule has 0 aromatic heterocycles. The minimum atomic E-state index is -3.00. The van der Waals surface area contributed by atoms with Crippen LogP contribution in [0.3, 0.4) is 0 Å². The predicted molar refractivity (Wildman–Crippen MR) is 71.1 cm³/mol. The third kappa shape index (κ3) is 4.32. The summed E-state index contributed by atoms with van der Waals surface area (Å²) in [7, 11) is -3.00. The molecule has 8 heteroatoms. The first-order valence-electron chi connectivity index (χ1n) is 6.78. The summed E-state index contributed by atoms with van der Waals surface area (Å²) in [6, 6.07) is 0. The molecule has 0 unspecified atom stereocenters. The molecule has 2 rings (SSSR count). The smallest absolute Gasteiger partial charge is 0.409 e. The molecule has 116 valence electrons. The zero-order chi connectivity index (χ0) is 14.6. The van der Waals surface area contributed by atoms with Gasteiger partial charge in [-0.25, -0.2) is 13.2 Å². The van der Waals surface area contributed by atoms with Crippen LogP contribution in [0.4, 0.5) is 4.79 Å². The van der Waals surface area contributed by atoms with Gasteiger partial charge in [-0.05, 0) is 6.42 Å². The maximum Gasteiger partial charge on any atom is 0.409 e. The number of sulfone groups is 1. The highest BCUT2D eigenvalue weighted by molar-refractivity contribution is 7.90. The molecule has 2 heterocycles. The molecule has 0 aliphatic carbocycles. The van der Waals surface area contributed by atoms with Gasteiger partial charge in [-0.2, -0.15) is 0 Å². The molecule has 0 bridgehead atoms. The van der Waals surface area contributed by atoms with Crippen molar-refractivity contribution in [2.45, 2.75) is 25.0 Å². The number of hydrogen-bond acceptors (Lipinski definition) is 6. The van der Waals surface area contributed by atoms with Gasteiger partial charge in [0.1, 0.15) is 9.84 Å². The molecule has 2 fully saturated rings. The Morgan fingerprint density at radius 1 is 1.25 bits per heavy atom. The van der Waals surface area contributed by atoms with Gasteiger partial charge in [-0.15, -0.1) is 0 Å². The van der Waals surface area contributed by atoms with E-state index in [0.29, 0.717) is 45.6 Å². The first-order valence-corrected chi connectivity index (χ1v) is 8.84. The van der Waals surface area contributed by atoms with E-state index < -0.39 is 21.7 Å². The minimum Gasteiger partial charge on any atom is -0.449 e. The molecule has 1 spiro atoms. The quantitative estimate of drug-likeness (QED) is 0.699. The molecule has 0 radical (unpaired) electrons. The average molecular weight is 307 g/mol. The summed E-state index contributed by atoms with van der Waals surface area (Å²) in [5.41, 5.74) is 0. The van der Waals surface area contributed by atoms with Gasteiger partial charge < -0.3 is 19.1 Å². The molecule has 0 aromatic rings. The Morgan fingerprint density at radius 2 is 1.85 bits per heavy atom. The Kier molecular flexibility index (Phi) is 4.87. The Morgan fingerprint density at radius 3 is 2.40 bits per heavy atom. The molecule has 0 saturated carbocycles. The summed E-state index contributed by atoms with van der Waals surface area (Å²) < 4.78 is 38.1. The van der Waals surface area contributed by atoms with E-state index >= 15 is 0 Å². The molecule has 2 aliphatic rings. The molecule has 2 saturated heterocycles. The summed E-state index contributed by atoms with van der Waals surface area (Å²) in [6.45, 7) is 2.41. The van der Waals surface area contributed by atoms with Gasteiger partial charge in [-0.1, -0.05) is 0 Å². The zero-order valence-electron chi connectivity index (χ0n) is 11.7. The number of likely N-dealkylation sites (tertiary alicyclic amines) is 1. The van der Waals surface area contributed by atoms with Gasteiger partial charge in [0.15, 0.2) is 5.79 Å². The molecule has 0 aromatic carbocycles. The van der Waals surface area contributed by atoms with Crippen molar-refractivity contribution in [3.05, 3.63) is 0 Å². The van der Waals surface area contributed by atoms with Crippen LogP contribution in [-0.2, 0) is 24.0 Å². The Labute approximate surface area is 119 Å². The normalized spacial score (nSPS) is 22.1. The number of carbonyl (C=O) groups is 1. The van der Waals surface area contributed by atoms with E-state index in [-0.39, 0.29) is 12.4 Å². The number of amides is 1. The lowest BCUT2D eigenvalue weighted by Crippen LogP contribution is -2.47. The maximum atomic E-state index is 11.8. The lowest BCUT2D eigenvalue weighted by atomic mass is 10.0. The van der Waals surface area contributed by atoms with E-state index in [1.165, 1.54) is 6.26 Å². The fourth-order valence-electron chi connectivity index (χ4n) is 2.39. The van der Waals surface area contributed by atoms with Crippen LogP contribution in [0.15, 0.2) is 0 Å². The predicted octanol–water partition coefficient (Wildman–Crippen LogP) is 0.397. The molecular weight excluding hydrogens is 286 g/mol. The fraction of sp³-hybridized carbons (Fsp3) is 0.917. The van der Waals surface area contributed by atoms with E-state index in [4.69, 9.17) is 14.2 Å². The van der Waals surface area contributed by atoms with Crippen LogP contribution < -0.4 is 0 Å². The summed E-state index contributed by atoms with van der Waals surface area (Å²) >= 11 is 0. The minimum absolute atomic E-state index is 0.0328. The van der Waals surface area contributed by atoms with Gasteiger partial charge in [0.2, 0.25) is 0 Å². The summed E-state index contributed by atoms with van der Waals surface area (Å²) in [6.07, 6.45) is 2.39. The standard InChI is InChI=1S/C12H21NO6S/c1-20(15,16)10-2-7-17-11(14)13-5-3-12(4-6-13)18-8-9-19-12/h2-10H2,1H3. The molecule has 0 N–H and O–H groups in total. The van der Waals surface area contributed by atoms with Gasteiger partial charge >= 0.3 is 6.09 Å². The third-order valence-corrected chi connectivity index (χ3v) is 4.51. The first-order chi connectivity index (χ1) is 9.40. The summed E-state index contributed by atoms with van der Waals surface area (Å²) in [4.78, 5) is 13.4. The number of ether oxygens (including phenoxy) is 3. The van der Waals surface area contributed by atoms with E-state index in [9.17, 15) is 13.2 Å². The Bertz CT molecular complexity index is 433. The van der Waals surface area contributed by atoms with Crippen LogP contribution >= 0.6 is 0 Å². The van der Waals surface area contributed by atoms with Gasteiger partial charge in [0, 0.05) is 32.2 Å². The van der Waals surface area contributed by atoms with Crippen molar-refractivity contribution in [2.75, 3.05) is 44.9 Å². The van der Waals surface area contributed by atoms with Gasteiger partial charge in [0.25, 0.3) is 0 Å². The second-order valence-electron chi connectivity index (χ2n) is 5.19. The van der Waals surface area contributed by atoms with Crippen LogP contribution in [0.5, 0.6) is 0 Å². The third-order valence-electron chi connectivity index (χ3n) is 3.48. The molecule has 20 heavy (non-hydrogen) atoms. The van der Waals surface area contributed by atoms with Crippen LogP contribution in [0.2, 0.25) is 0 Å². The van der Waals surface area contributed by atoms with Crippen molar-refractivity contribution in [3.63, 3.8) is 0 Å². The number of hydrogen-bond donors (Lipinski definition) is 0. The summed E-state index contributed by atoms with van der Waals surface area (Å²) in [5, 5.41) is 0. The van der Waals surface area contributed by atoms with Crippen molar-refractivity contribution in [2.24, 2.45) is 0 Å². The highest BCUT2D eigenvalue weighted by Gasteiger charge is 2.41. The summed E-state index contributed by atoms with van der Waals surface area (Å²) in [5.74, 6) is -0.474. The van der Waals surface area contributed by atoms with Crippen LogP contribution in [0, 0.1) is 0 Å². The largest absolute Gasteiger partial charge is 0.449 e. The fourth-order valence-corrected chi connectivity index (χ4v) is 3.03. The number of rotatable bonds is 4. The first kappa shape index (κ1) is 15.5. The molecule has 0 atom stereocenters. The molecule has 2 aliphatic heterocycles.